The molecule has 0 amide bonds. The third-order valence-corrected chi connectivity index (χ3v) is 4.83. The summed E-state index contributed by atoms with van der Waals surface area (Å²) in [7, 11) is 0. The van der Waals surface area contributed by atoms with Crippen LogP contribution >= 0.6 is 0 Å². The van der Waals surface area contributed by atoms with E-state index in [0.29, 0.717) is 0 Å². The number of hydrogen-bond acceptors (Lipinski definition) is 3. The van der Waals surface area contributed by atoms with E-state index in [2.05, 4.69) is 53.8 Å². The van der Waals surface area contributed by atoms with Crippen LogP contribution in [0.2, 0.25) is 0 Å². The summed E-state index contributed by atoms with van der Waals surface area (Å²) in [5.74, 6) is 0.217. The first-order valence-electron chi connectivity index (χ1n) is 8.24. The zero-order valence-corrected chi connectivity index (χ0v) is 13.4. The summed E-state index contributed by atoms with van der Waals surface area (Å²) in [6.07, 6.45) is 0. The fraction of sp³-hybridized carbons (Fsp3) is 0.143. The van der Waals surface area contributed by atoms with Gasteiger partial charge in [0.25, 0.3) is 0 Å². The van der Waals surface area contributed by atoms with Gasteiger partial charge in [0.05, 0.1) is 0 Å². The van der Waals surface area contributed by atoms with E-state index in [1.54, 1.807) is 0 Å². The van der Waals surface area contributed by atoms with Crippen molar-refractivity contribution in [3.05, 3.63) is 95.1 Å². The van der Waals surface area contributed by atoms with E-state index in [1.165, 1.54) is 22.3 Å². The molecule has 3 aromatic carbocycles. The summed E-state index contributed by atoms with van der Waals surface area (Å²) in [6, 6.07) is 25.3. The van der Waals surface area contributed by atoms with Crippen molar-refractivity contribution in [3.63, 3.8) is 0 Å². The summed E-state index contributed by atoms with van der Waals surface area (Å²) in [4.78, 5) is 0. The van der Waals surface area contributed by atoms with Gasteiger partial charge in [-0.25, -0.2) is 0 Å². The highest BCUT2D eigenvalue weighted by Crippen LogP contribution is 2.41. The Morgan fingerprint density at radius 1 is 0.750 bits per heavy atom. The molecule has 5 N–H and O–H groups in total. The molecule has 4 rings (SSSR count). The molecule has 0 radical (unpaired) electrons. The van der Waals surface area contributed by atoms with Gasteiger partial charge in [0.1, 0.15) is 0 Å². The lowest BCUT2D eigenvalue weighted by molar-refractivity contribution is 0.525. The van der Waals surface area contributed by atoms with E-state index in [9.17, 15) is 0 Å². The van der Waals surface area contributed by atoms with Crippen LogP contribution in [0.25, 0.3) is 0 Å². The Morgan fingerprint density at radius 2 is 1.29 bits per heavy atom. The van der Waals surface area contributed by atoms with Gasteiger partial charge < -0.3 is 16.8 Å². The van der Waals surface area contributed by atoms with Crippen LogP contribution in [0.15, 0.2) is 72.8 Å². The second-order valence-corrected chi connectivity index (χ2v) is 6.37. The molecular formula is C21H21N3. The first-order valence-corrected chi connectivity index (χ1v) is 8.24. The SMILES string of the molecule is Nc1ccc(C(c2ccc(N)cc2)C2NCc3ccccc32)cc1. The Labute approximate surface area is 142 Å². The van der Waals surface area contributed by atoms with Crippen LogP contribution in [0.4, 0.5) is 11.4 Å². The Hall–Kier alpha value is -2.78. The molecule has 3 aromatic rings. The first-order chi connectivity index (χ1) is 11.7. The molecule has 1 heterocycles. The van der Waals surface area contributed by atoms with E-state index in [0.717, 1.165) is 17.9 Å². The van der Waals surface area contributed by atoms with E-state index in [4.69, 9.17) is 11.5 Å². The second kappa shape index (κ2) is 6.02. The number of rotatable bonds is 3. The van der Waals surface area contributed by atoms with Gasteiger partial charge in [0.2, 0.25) is 0 Å². The second-order valence-electron chi connectivity index (χ2n) is 6.37. The van der Waals surface area contributed by atoms with E-state index in [-0.39, 0.29) is 12.0 Å². The van der Waals surface area contributed by atoms with Crippen molar-refractivity contribution < 1.29 is 0 Å². The molecule has 0 aromatic heterocycles. The molecule has 3 nitrogen and oxygen atoms in total. The molecule has 0 aliphatic carbocycles. The monoisotopic (exact) mass is 315 g/mol. The third-order valence-electron chi connectivity index (χ3n) is 4.83. The van der Waals surface area contributed by atoms with Gasteiger partial charge in [-0.05, 0) is 46.5 Å². The van der Waals surface area contributed by atoms with Gasteiger partial charge >= 0.3 is 0 Å². The molecule has 0 saturated carbocycles. The molecule has 0 fully saturated rings. The lowest BCUT2D eigenvalue weighted by atomic mass is 9.82. The predicted octanol–water partition coefficient (Wildman–Crippen LogP) is 3.83. The summed E-state index contributed by atoms with van der Waals surface area (Å²) in [5.41, 5.74) is 18.6. The Kier molecular flexibility index (Phi) is 3.71. The molecule has 0 spiro atoms. The van der Waals surface area contributed by atoms with Gasteiger partial charge in [-0.2, -0.15) is 0 Å². The van der Waals surface area contributed by atoms with Crippen molar-refractivity contribution in [3.8, 4) is 0 Å². The zero-order chi connectivity index (χ0) is 16.5. The van der Waals surface area contributed by atoms with Crippen LogP contribution in [0, 0.1) is 0 Å². The van der Waals surface area contributed by atoms with Crippen molar-refractivity contribution >= 4 is 11.4 Å². The standard InChI is InChI=1S/C21H21N3/c22-17-9-5-14(6-10-17)20(15-7-11-18(23)12-8-15)21-19-4-2-1-3-16(19)13-24-21/h1-12,20-21,24H,13,22-23H2. The average molecular weight is 315 g/mol. The van der Waals surface area contributed by atoms with Crippen LogP contribution in [-0.4, -0.2) is 0 Å². The van der Waals surface area contributed by atoms with Gasteiger partial charge in [-0.3, -0.25) is 0 Å². The molecule has 1 atom stereocenters. The smallest absolute Gasteiger partial charge is 0.0436 e. The normalized spacial score (nSPS) is 16.3. The molecule has 1 aliphatic rings. The number of nitrogens with one attached hydrogen (secondary N) is 1. The molecule has 3 heteroatoms. The predicted molar refractivity (Wildman–Crippen MR) is 99.6 cm³/mol. The molecular weight excluding hydrogens is 294 g/mol. The highest BCUT2D eigenvalue weighted by molar-refractivity contribution is 5.49. The molecule has 1 unspecified atom stereocenters. The van der Waals surface area contributed by atoms with Crippen molar-refractivity contribution in [2.45, 2.75) is 18.5 Å². The van der Waals surface area contributed by atoms with Gasteiger partial charge in [-0.1, -0.05) is 48.5 Å². The quantitative estimate of drug-likeness (QED) is 0.644. The minimum Gasteiger partial charge on any atom is -0.399 e. The number of nitrogen functional groups attached to an aromatic ring is 2. The number of benzene rings is 3. The maximum Gasteiger partial charge on any atom is 0.0436 e. The molecule has 24 heavy (non-hydrogen) atoms. The van der Waals surface area contributed by atoms with Crippen LogP contribution in [0.5, 0.6) is 0 Å². The topological polar surface area (TPSA) is 64.1 Å². The van der Waals surface area contributed by atoms with E-state index in [1.807, 2.05) is 24.3 Å². The van der Waals surface area contributed by atoms with Crippen LogP contribution in [0.3, 0.4) is 0 Å². The maximum absolute atomic E-state index is 5.88. The molecule has 0 bridgehead atoms. The van der Waals surface area contributed by atoms with Crippen molar-refractivity contribution in [2.24, 2.45) is 0 Å². The summed E-state index contributed by atoms with van der Waals surface area (Å²) >= 11 is 0. The zero-order valence-electron chi connectivity index (χ0n) is 13.4. The summed E-state index contributed by atoms with van der Waals surface area (Å²) in [5, 5.41) is 3.69. The molecule has 1 aliphatic heterocycles. The summed E-state index contributed by atoms with van der Waals surface area (Å²) < 4.78 is 0. The van der Waals surface area contributed by atoms with Crippen molar-refractivity contribution in [2.75, 3.05) is 11.5 Å². The van der Waals surface area contributed by atoms with Gasteiger partial charge in [0.15, 0.2) is 0 Å². The van der Waals surface area contributed by atoms with E-state index < -0.39 is 0 Å². The largest absolute Gasteiger partial charge is 0.399 e. The van der Waals surface area contributed by atoms with E-state index >= 15 is 0 Å². The number of fused-ring (bicyclic) bond motifs is 1. The minimum atomic E-state index is 0.217. The number of hydrogen-bond donors (Lipinski definition) is 3. The Morgan fingerprint density at radius 3 is 1.88 bits per heavy atom. The third kappa shape index (κ3) is 2.63. The Bertz CT molecular complexity index is 792. The highest BCUT2D eigenvalue weighted by atomic mass is 14.9. The molecule has 120 valence electrons. The lowest BCUT2D eigenvalue weighted by Gasteiger charge is -2.26. The fourth-order valence-corrected chi connectivity index (χ4v) is 3.61. The van der Waals surface area contributed by atoms with Gasteiger partial charge in [-0.15, -0.1) is 0 Å². The fourth-order valence-electron chi connectivity index (χ4n) is 3.61. The van der Waals surface area contributed by atoms with Crippen LogP contribution < -0.4 is 16.8 Å². The van der Waals surface area contributed by atoms with Crippen molar-refractivity contribution in [1.29, 1.82) is 0 Å². The van der Waals surface area contributed by atoms with Crippen molar-refractivity contribution in [1.82, 2.24) is 5.32 Å². The number of anilines is 2. The first kappa shape index (κ1) is 14.8. The van der Waals surface area contributed by atoms with Gasteiger partial charge in [0, 0.05) is 29.9 Å². The average Bonchev–Trinajstić information content (AvgIpc) is 3.03. The highest BCUT2D eigenvalue weighted by Gasteiger charge is 2.31. The minimum absolute atomic E-state index is 0.217. The lowest BCUT2D eigenvalue weighted by Crippen LogP contribution is -2.21. The van der Waals surface area contributed by atoms with Crippen LogP contribution in [-0.2, 0) is 6.54 Å². The molecule has 0 saturated heterocycles. The van der Waals surface area contributed by atoms with Crippen LogP contribution in [0.1, 0.15) is 34.2 Å². The maximum atomic E-state index is 5.88. The number of nitrogens with two attached hydrogens (primary N) is 2. The Balaban J connectivity index is 1.82. The summed E-state index contributed by atoms with van der Waals surface area (Å²) in [6.45, 7) is 0.904.